The van der Waals surface area contributed by atoms with Crippen molar-refractivity contribution in [1.82, 2.24) is 10.4 Å². The Kier molecular flexibility index (Phi) is 4.58. The van der Waals surface area contributed by atoms with Gasteiger partial charge in [-0.1, -0.05) is 42.8 Å². The summed E-state index contributed by atoms with van der Waals surface area (Å²) in [6.45, 7) is 1.32. The molecular formula is C21H22N2O4. The van der Waals surface area contributed by atoms with Crippen molar-refractivity contribution in [3.63, 3.8) is 0 Å². The summed E-state index contributed by atoms with van der Waals surface area (Å²) >= 11 is 0. The molecule has 0 atom stereocenters. The van der Waals surface area contributed by atoms with Crippen molar-refractivity contribution in [2.45, 2.75) is 31.2 Å². The number of carbonyl (C=O) groups excluding carboxylic acids is 2. The summed E-state index contributed by atoms with van der Waals surface area (Å²) in [6, 6.07) is 15.0. The summed E-state index contributed by atoms with van der Waals surface area (Å²) in [5.41, 5.74) is 3.46. The summed E-state index contributed by atoms with van der Waals surface area (Å²) in [6.07, 6.45) is 2.80. The minimum Gasteiger partial charge on any atom is -0.491 e. The van der Waals surface area contributed by atoms with E-state index in [1.54, 1.807) is 23.7 Å². The first kappa shape index (κ1) is 17.5. The van der Waals surface area contributed by atoms with Crippen LogP contribution in [-0.2, 0) is 16.8 Å². The average molecular weight is 366 g/mol. The largest absolute Gasteiger partial charge is 0.491 e. The molecule has 0 radical (unpaired) electrons. The maximum atomic E-state index is 13.5. The van der Waals surface area contributed by atoms with Crippen LogP contribution in [0.4, 0.5) is 0 Å². The molecule has 4 rings (SSSR count). The summed E-state index contributed by atoms with van der Waals surface area (Å²) in [7, 11) is 0. The van der Waals surface area contributed by atoms with Gasteiger partial charge in [0.1, 0.15) is 12.4 Å². The Morgan fingerprint density at radius 2 is 1.89 bits per heavy atom. The molecule has 0 unspecified atom stereocenters. The van der Waals surface area contributed by atoms with Crippen molar-refractivity contribution in [2.75, 3.05) is 13.2 Å². The zero-order valence-electron chi connectivity index (χ0n) is 15.0. The highest BCUT2D eigenvalue weighted by atomic mass is 16.5. The lowest BCUT2D eigenvalue weighted by atomic mass is 9.63. The minimum atomic E-state index is -0.587. The maximum absolute atomic E-state index is 13.5. The molecule has 0 saturated heterocycles. The molecule has 0 aromatic heterocycles. The fourth-order valence-electron chi connectivity index (χ4n) is 3.97. The molecule has 2 aliphatic rings. The number of hydroxylamine groups is 1. The van der Waals surface area contributed by atoms with E-state index in [0.717, 1.165) is 30.4 Å². The molecule has 1 heterocycles. The van der Waals surface area contributed by atoms with Crippen LogP contribution in [0, 0.1) is 0 Å². The van der Waals surface area contributed by atoms with E-state index in [1.807, 2.05) is 35.2 Å². The topological polar surface area (TPSA) is 78.9 Å². The molecule has 27 heavy (non-hydrogen) atoms. The number of fused-ring (bicyclic) bond motifs is 1. The van der Waals surface area contributed by atoms with E-state index in [2.05, 4.69) is 0 Å². The second kappa shape index (κ2) is 7.04. The van der Waals surface area contributed by atoms with Crippen LogP contribution in [0.3, 0.4) is 0 Å². The van der Waals surface area contributed by atoms with E-state index in [9.17, 15) is 9.59 Å². The van der Waals surface area contributed by atoms with Gasteiger partial charge >= 0.3 is 0 Å². The Morgan fingerprint density at radius 3 is 2.56 bits per heavy atom. The van der Waals surface area contributed by atoms with E-state index < -0.39 is 11.3 Å². The number of rotatable bonds is 3. The highest BCUT2D eigenvalue weighted by Gasteiger charge is 2.47. The van der Waals surface area contributed by atoms with Gasteiger partial charge in [-0.15, -0.1) is 0 Å². The third-order valence-corrected chi connectivity index (χ3v) is 5.64. The number of nitrogens with zero attached hydrogens (tertiary/aromatic N) is 1. The number of amides is 2. The molecule has 6 nitrogen and oxygen atoms in total. The van der Waals surface area contributed by atoms with Crippen LogP contribution in [0.2, 0.25) is 0 Å². The predicted molar refractivity (Wildman–Crippen MR) is 98.6 cm³/mol. The molecule has 0 spiro atoms. The molecule has 1 aliphatic heterocycles. The quantitative estimate of drug-likeness (QED) is 0.647. The number of carbonyl (C=O) groups is 2. The summed E-state index contributed by atoms with van der Waals surface area (Å²) in [5, 5.41) is 8.80. The van der Waals surface area contributed by atoms with Crippen LogP contribution in [0.1, 0.15) is 40.7 Å². The van der Waals surface area contributed by atoms with E-state index in [-0.39, 0.29) is 5.91 Å². The highest BCUT2D eigenvalue weighted by Crippen LogP contribution is 2.45. The number of nitrogens with one attached hydrogen (secondary N) is 1. The number of hydrogen-bond acceptors (Lipinski definition) is 4. The highest BCUT2D eigenvalue weighted by molar-refractivity contribution is 5.94. The summed E-state index contributed by atoms with van der Waals surface area (Å²) in [4.78, 5) is 26.9. The van der Waals surface area contributed by atoms with Crippen LogP contribution in [0.25, 0.3) is 0 Å². The van der Waals surface area contributed by atoms with Crippen molar-refractivity contribution >= 4 is 11.8 Å². The smallest absolute Gasteiger partial charge is 0.274 e. The van der Waals surface area contributed by atoms with E-state index in [1.165, 1.54) is 0 Å². The molecule has 2 amide bonds. The van der Waals surface area contributed by atoms with Gasteiger partial charge in [-0.25, -0.2) is 5.48 Å². The van der Waals surface area contributed by atoms with Crippen LogP contribution >= 0.6 is 0 Å². The first-order valence-electron chi connectivity index (χ1n) is 9.19. The van der Waals surface area contributed by atoms with Crippen LogP contribution < -0.4 is 10.2 Å². The SMILES string of the molecule is O=C(NO)c1ccc2c(c1)OCCN(C(=O)C1(c3ccccc3)CCC1)C2. The molecule has 1 fully saturated rings. The first-order valence-corrected chi connectivity index (χ1v) is 9.19. The molecular weight excluding hydrogens is 344 g/mol. The third-order valence-electron chi connectivity index (χ3n) is 5.64. The lowest BCUT2D eigenvalue weighted by Gasteiger charge is -2.43. The summed E-state index contributed by atoms with van der Waals surface area (Å²) in [5.74, 6) is 0.137. The lowest BCUT2D eigenvalue weighted by Crippen LogP contribution is -2.51. The Balaban J connectivity index is 1.60. The van der Waals surface area contributed by atoms with Gasteiger partial charge in [0.2, 0.25) is 5.91 Å². The summed E-state index contributed by atoms with van der Waals surface area (Å²) < 4.78 is 5.78. The normalized spacial score (nSPS) is 17.7. The van der Waals surface area contributed by atoms with Crippen molar-refractivity contribution in [3.05, 3.63) is 65.2 Å². The number of ether oxygens (including phenoxy) is 1. The van der Waals surface area contributed by atoms with Crippen LogP contribution in [-0.4, -0.2) is 35.1 Å². The van der Waals surface area contributed by atoms with Gasteiger partial charge in [0.15, 0.2) is 0 Å². The fraction of sp³-hybridized carbons (Fsp3) is 0.333. The van der Waals surface area contributed by atoms with Gasteiger partial charge in [-0.3, -0.25) is 14.8 Å². The second-order valence-electron chi connectivity index (χ2n) is 7.14. The van der Waals surface area contributed by atoms with Gasteiger partial charge in [-0.05, 0) is 30.5 Å². The fourth-order valence-corrected chi connectivity index (χ4v) is 3.97. The van der Waals surface area contributed by atoms with Crippen LogP contribution in [0.5, 0.6) is 5.75 Å². The maximum Gasteiger partial charge on any atom is 0.274 e. The van der Waals surface area contributed by atoms with Gasteiger partial charge in [-0.2, -0.15) is 0 Å². The van der Waals surface area contributed by atoms with Crippen molar-refractivity contribution < 1.29 is 19.5 Å². The minimum absolute atomic E-state index is 0.147. The zero-order valence-corrected chi connectivity index (χ0v) is 15.0. The first-order chi connectivity index (χ1) is 13.1. The number of benzene rings is 2. The molecule has 6 heteroatoms. The monoisotopic (exact) mass is 366 g/mol. The van der Waals surface area contributed by atoms with Gasteiger partial charge in [0.05, 0.1) is 12.0 Å². The molecule has 0 bridgehead atoms. The van der Waals surface area contributed by atoms with Crippen molar-refractivity contribution in [2.24, 2.45) is 0 Å². The molecule has 140 valence electrons. The van der Waals surface area contributed by atoms with E-state index >= 15 is 0 Å². The third kappa shape index (κ3) is 3.06. The molecule has 1 saturated carbocycles. The second-order valence-corrected chi connectivity index (χ2v) is 7.14. The molecule has 2 N–H and O–H groups in total. The van der Waals surface area contributed by atoms with Gasteiger partial charge < -0.3 is 9.64 Å². The lowest BCUT2D eigenvalue weighted by molar-refractivity contribution is -0.141. The Hall–Kier alpha value is -2.86. The predicted octanol–water partition coefficient (Wildman–Crippen LogP) is 2.65. The van der Waals surface area contributed by atoms with Crippen LogP contribution in [0.15, 0.2) is 48.5 Å². The molecule has 2 aromatic rings. The van der Waals surface area contributed by atoms with Gasteiger partial charge in [0.25, 0.3) is 5.91 Å². The zero-order chi connectivity index (χ0) is 18.9. The molecule has 1 aliphatic carbocycles. The molecule has 2 aromatic carbocycles. The standard InChI is InChI=1S/C21H22N2O4/c24-19(22-26)15-7-8-16-14-23(11-12-27-18(16)13-15)20(25)21(9-4-10-21)17-5-2-1-3-6-17/h1-3,5-8,13,26H,4,9-12,14H2,(H,22,24). The van der Waals surface area contributed by atoms with Crippen molar-refractivity contribution in [3.8, 4) is 5.75 Å². The Morgan fingerprint density at radius 1 is 1.11 bits per heavy atom. The Bertz CT molecular complexity index is 862. The Labute approximate surface area is 157 Å². The van der Waals surface area contributed by atoms with E-state index in [4.69, 9.17) is 9.94 Å². The van der Waals surface area contributed by atoms with E-state index in [0.29, 0.717) is 31.0 Å². The van der Waals surface area contributed by atoms with Crippen molar-refractivity contribution in [1.29, 1.82) is 0 Å². The average Bonchev–Trinajstić information content (AvgIpc) is 2.89. The number of hydrogen-bond donors (Lipinski definition) is 2. The van der Waals surface area contributed by atoms with Gasteiger partial charge in [0, 0.05) is 17.7 Å².